The first kappa shape index (κ1) is 20.3. The molecule has 6 nitrogen and oxygen atoms in total. The van der Waals surface area contributed by atoms with E-state index >= 15 is 0 Å². The fourth-order valence-electron chi connectivity index (χ4n) is 2.29. The lowest BCUT2D eigenvalue weighted by Gasteiger charge is -2.12. The summed E-state index contributed by atoms with van der Waals surface area (Å²) in [5.41, 5.74) is 2.42. The van der Waals surface area contributed by atoms with Crippen LogP contribution in [0.25, 0.3) is 0 Å². The Balaban J connectivity index is 1.86. The van der Waals surface area contributed by atoms with Crippen LogP contribution >= 0.6 is 0 Å². The Bertz CT molecular complexity index is 812. The van der Waals surface area contributed by atoms with Crippen molar-refractivity contribution in [3.8, 4) is 23.0 Å². The van der Waals surface area contributed by atoms with Crippen LogP contribution in [0.4, 0.5) is 0 Å². The SMILES string of the molecule is CC(=O)Oc1ccc(OCCCOc2ccc(C)c(C)c2)cc1OC(C)=O. The van der Waals surface area contributed by atoms with E-state index in [2.05, 4.69) is 6.92 Å². The van der Waals surface area contributed by atoms with Gasteiger partial charge in [-0.15, -0.1) is 0 Å². The number of hydrogen-bond donors (Lipinski definition) is 0. The highest BCUT2D eigenvalue weighted by Gasteiger charge is 2.12. The quantitative estimate of drug-likeness (QED) is 0.396. The maximum atomic E-state index is 11.2. The Morgan fingerprint density at radius 2 is 1.30 bits per heavy atom. The summed E-state index contributed by atoms with van der Waals surface area (Å²) in [6, 6.07) is 10.7. The molecular formula is C21H24O6. The molecule has 0 amide bonds. The fourth-order valence-corrected chi connectivity index (χ4v) is 2.29. The Labute approximate surface area is 159 Å². The zero-order valence-electron chi connectivity index (χ0n) is 16.0. The van der Waals surface area contributed by atoms with Crippen LogP contribution in [0.15, 0.2) is 36.4 Å². The number of benzene rings is 2. The summed E-state index contributed by atoms with van der Waals surface area (Å²) in [5.74, 6) is 0.641. The van der Waals surface area contributed by atoms with Crippen molar-refractivity contribution in [3.63, 3.8) is 0 Å². The summed E-state index contributed by atoms with van der Waals surface area (Å²) in [6.07, 6.45) is 0.682. The van der Waals surface area contributed by atoms with Crippen molar-refractivity contribution in [1.29, 1.82) is 0 Å². The number of carbonyl (C=O) groups is 2. The predicted octanol–water partition coefficient (Wildman–Crippen LogP) is 4.00. The normalized spacial score (nSPS) is 10.2. The molecular weight excluding hydrogens is 348 g/mol. The summed E-state index contributed by atoms with van der Waals surface area (Å²) in [4.78, 5) is 22.4. The summed E-state index contributed by atoms with van der Waals surface area (Å²) in [5, 5.41) is 0. The second-order valence-electron chi connectivity index (χ2n) is 6.09. The van der Waals surface area contributed by atoms with Gasteiger partial charge in [0.15, 0.2) is 11.5 Å². The van der Waals surface area contributed by atoms with E-state index in [0.29, 0.717) is 25.4 Å². The molecule has 0 aliphatic rings. The van der Waals surface area contributed by atoms with Crippen LogP contribution in [0, 0.1) is 13.8 Å². The molecule has 0 saturated carbocycles. The van der Waals surface area contributed by atoms with Crippen molar-refractivity contribution < 1.29 is 28.5 Å². The molecule has 0 heterocycles. The number of aryl methyl sites for hydroxylation is 2. The second kappa shape index (κ2) is 9.62. The van der Waals surface area contributed by atoms with Gasteiger partial charge < -0.3 is 18.9 Å². The van der Waals surface area contributed by atoms with Gasteiger partial charge >= 0.3 is 11.9 Å². The lowest BCUT2D eigenvalue weighted by molar-refractivity contribution is -0.134. The number of ether oxygens (including phenoxy) is 4. The van der Waals surface area contributed by atoms with Crippen molar-refractivity contribution in [2.45, 2.75) is 34.1 Å². The first-order valence-electron chi connectivity index (χ1n) is 8.69. The summed E-state index contributed by atoms with van der Waals surface area (Å²) in [7, 11) is 0. The first-order chi connectivity index (χ1) is 12.8. The van der Waals surface area contributed by atoms with Gasteiger partial charge in [-0.1, -0.05) is 6.07 Å². The van der Waals surface area contributed by atoms with E-state index in [4.69, 9.17) is 18.9 Å². The van der Waals surface area contributed by atoms with Crippen LogP contribution in [-0.4, -0.2) is 25.2 Å². The third-order valence-corrected chi connectivity index (χ3v) is 3.73. The van der Waals surface area contributed by atoms with E-state index in [9.17, 15) is 9.59 Å². The highest BCUT2D eigenvalue weighted by molar-refractivity contribution is 5.73. The maximum Gasteiger partial charge on any atom is 0.308 e. The van der Waals surface area contributed by atoms with Gasteiger partial charge in [-0.25, -0.2) is 0 Å². The van der Waals surface area contributed by atoms with Crippen molar-refractivity contribution in [1.82, 2.24) is 0 Å². The first-order valence-corrected chi connectivity index (χ1v) is 8.69. The minimum Gasteiger partial charge on any atom is -0.493 e. The average molecular weight is 372 g/mol. The minimum atomic E-state index is -0.512. The number of esters is 2. The number of hydrogen-bond acceptors (Lipinski definition) is 6. The van der Waals surface area contributed by atoms with Crippen molar-refractivity contribution >= 4 is 11.9 Å². The van der Waals surface area contributed by atoms with E-state index in [0.717, 1.165) is 5.75 Å². The lowest BCUT2D eigenvalue weighted by Crippen LogP contribution is -2.08. The minimum absolute atomic E-state index is 0.140. The van der Waals surface area contributed by atoms with Gasteiger partial charge in [-0.3, -0.25) is 9.59 Å². The van der Waals surface area contributed by atoms with E-state index in [1.165, 1.54) is 37.1 Å². The van der Waals surface area contributed by atoms with Gasteiger partial charge in [0.1, 0.15) is 11.5 Å². The van der Waals surface area contributed by atoms with Crippen LogP contribution in [0.1, 0.15) is 31.4 Å². The average Bonchev–Trinajstić information content (AvgIpc) is 2.59. The molecule has 0 unspecified atom stereocenters. The van der Waals surface area contributed by atoms with E-state index < -0.39 is 11.9 Å². The number of rotatable bonds is 8. The van der Waals surface area contributed by atoms with E-state index in [1.54, 1.807) is 6.07 Å². The lowest BCUT2D eigenvalue weighted by atomic mass is 10.1. The zero-order chi connectivity index (χ0) is 19.8. The molecule has 2 aromatic rings. The van der Waals surface area contributed by atoms with Crippen LogP contribution in [0.3, 0.4) is 0 Å². The molecule has 0 aliphatic heterocycles. The monoisotopic (exact) mass is 372 g/mol. The fraction of sp³-hybridized carbons (Fsp3) is 0.333. The molecule has 0 aromatic heterocycles. The summed E-state index contributed by atoms with van der Waals surface area (Å²) in [6.45, 7) is 7.60. The maximum absolute atomic E-state index is 11.2. The van der Waals surface area contributed by atoms with Gasteiger partial charge in [-0.2, -0.15) is 0 Å². The van der Waals surface area contributed by atoms with E-state index in [1.807, 2.05) is 25.1 Å². The van der Waals surface area contributed by atoms with Crippen LogP contribution in [0.2, 0.25) is 0 Å². The van der Waals surface area contributed by atoms with Crippen LogP contribution < -0.4 is 18.9 Å². The van der Waals surface area contributed by atoms with Crippen LogP contribution in [-0.2, 0) is 9.59 Å². The van der Waals surface area contributed by atoms with Gasteiger partial charge in [0, 0.05) is 26.3 Å². The highest BCUT2D eigenvalue weighted by Crippen LogP contribution is 2.32. The van der Waals surface area contributed by atoms with Gasteiger partial charge in [0.2, 0.25) is 0 Å². The smallest absolute Gasteiger partial charge is 0.308 e. The third kappa shape index (κ3) is 6.66. The summed E-state index contributed by atoms with van der Waals surface area (Å²) >= 11 is 0. The molecule has 0 atom stereocenters. The molecule has 0 bridgehead atoms. The molecule has 27 heavy (non-hydrogen) atoms. The standard InChI is InChI=1S/C21H24O6/c1-14-6-7-18(12-15(14)2)24-10-5-11-25-19-8-9-20(26-16(3)22)21(13-19)27-17(4)23/h6-9,12-13H,5,10-11H2,1-4H3. The zero-order valence-corrected chi connectivity index (χ0v) is 16.0. The Hall–Kier alpha value is -3.02. The largest absolute Gasteiger partial charge is 0.493 e. The molecule has 2 rings (SSSR count). The van der Waals surface area contributed by atoms with E-state index in [-0.39, 0.29) is 11.5 Å². The topological polar surface area (TPSA) is 71.1 Å². The molecule has 0 spiro atoms. The van der Waals surface area contributed by atoms with Gasteiger partial charge in [0.05, 0.1) is 13.2 Å². The second-order valence-corrected chi connectivity index (χ2v) is 6.09. The summed E-state index contributed by atoms with van der Waals surface area (Å²) < 4.78 is 21.5. The Morgan fingerprint density at radius 1 is 0.741 bits per heavy atom. The van der Waals surface area contributed by atoms with Gasteiger partial charge in [-0.05, 0) is 49.2 Å². The molecule has 6 heteroatoms. The van der Waals surface area contributed by atoms with Crippen molar-refractivity contribution in [2.75, 3.05) is 13.2 Å². The number of carbonyl (C=O) groups excluding carboxylic acids is 2. The third-order valence-electron chi connectivity index (χ3n) is 3.73. The molecule has 0 N–H and O–H groups in total. The predicted molar refractivity (Wildman–Crippen MR) is 101 cm³/mol. The van der Waals surface area contributed by atoms with Crippen molar-refractivity contribution in [3.05, 3.63) is 47.5 Å². The molecule has 2 aromatic carbocycles. The molecule has 144 valence electrons. The van der Waals surface area contributed by atoms with Gasteiger partial charge in [0.25, 0.3) is 0 Å². The van der Waals surface area contributed by atoms with Crippen LogP contribution in [0.5, 0.6) is 23.0 Å². The highest BCUT2D eigenvalue weighted by atomic mass is 16.6. The molecule has 0 saturated heterocycles. The molecule has 0 fully saturated rings. The van der Waals surface area contributed by atoms with Crippen molar-refractivity contribution in [2.24, 2.45) is 0 Å². The Kier molecular flexibility index (Phi) is 7.23. The molecule has 0 aliphatic carbocycles. The molecule has 0 radical (unpaired) electrons. The Morgan fingerprint density at radius 3 is 1.89 bits per heavy atom.